The fourth-order valence-corrected chi connectivity index (χ4v) is 1.41. The molecule has 0 unspecified atom stereocenters. The summed E-state index contributed by atoms with van der Waals surface area (Å²) in [6.45, 7) is 4.15. The molecule has 0 aromatic carbocycles. The summed E-state index contributed by atoms with van der Waals surface area (Å²) < 4.78 is 0. The zero-order chi connectivity index (χ0) is 11.1. The van der Waals surface area contributed by atoms with E-state index in [-0.39, 0.29) is 5.78 Å². The smallest absolute Gasteiger partial charge is 0.161 e. The van der Waals surface area contributed by atoms with Crippen LogP contribution in [0.4, 0.5) is 0 Å². The molecule has 0 spiro atoms. The van der Waals surface area contributed by atoms with Gasteiger partial charge in [-0.15, -0.1) is 0 Å². The van der Waals surface area contributed by atoms with E-state index >= 15 is 0 Å². The van der Waals surface area contributed by atoms with Crippen molar-refractivity contribution >= 4 is 5.78 Å². The first-order valence-corrected chi connectivity index (χ1v) is 5.38. The van der Waals surface area contributed by atoms with Gasteiger partial charge in [0.25, 0.3) is 0 Å². The third-order valence-electron chi connectivity index (χ3n) is 2.35. The standard InChI is InChI=1S/C13H17NO/c1-3-11(4-2)9-13(15)10-12-7-5-6-8-14-12/h5-9H,3-4,10H2,1-2H3. The number of carbonyl (C=O) groups is 1. The molecular formula is C13H17NO. The number of allylic oxidation sites excluding steroid dienone is 2. The SMILES string of the molecule is CCC(=CC(=O)Cc1ccccn1)CC. The zero-order valence-corrected chi connectivity index (χ0v) is 9.36. The molecule has 0 N–H and O–H groups in total. The van der Waals surface area contributed by atoms with Gasteiger partial charge in [0.15, 0.2) is 5.78 Å². The highest BCUT2D eigenvalue weighted by molar-refractivity contribution is 5.91. The second-order valence-corrected chi connectivity index (χ2v) is 3.47. The van der Waals surface area contributed by atoms with Crippen molar-refractivity contribution in [2.24, 2.45) is 0 Å². The maximum atomic E-state index is 11.6. The van der Waals surface area contributed by atoms with Crippen molar-refractivity contribution in [2.45, 2.75) is 33.1 Å². The Kier molecular flexibility index (Phi) is 4.75. The van der Waals surface area contributed by atoms with Gasteiger partial charge in [0, 0.05) is 11.9 Å². The molecule has 2 nitrogen and oxygen atoms in total. The van der Waals surface area contributed by atoms with Gasteiger partial charge in [-0.2, -0.15) is 0 Å². The highest BCUT2D eigenvalue weighted by atomic mass is 16.1. The first-order valence-electron chi connectivity index (χ1n) is 5.38. The Hall–Kier alpha value is -1.44. The molecule has 0 atom stereocenters. The van der Waals surface area contributed by atoms with Crippen LogP contribution >= 0.6 is 0 Å². The second kappa shape index (κ2) is 6.12. The van der Waals surface area contributed by atoms with Gasteiger partial charge in [0.2, 0.25) is 0 Å². The molecule has 2 heteroatoms. The summed E-state index contributed by atoms with van der Waals surface area (Å²) in [6, 6.07) is 5.64. The normalized spacial score (nSPS) is 9.73. The third kappa shape index (κ3) is 4.07. The number of carbonyl (C=O) groups excluding carboxylic acids is 1. The summed E-state index contributed by atoms with van der Waals surface area (Å²) in [4.78, 5) is 15.8. The fourth-order valence-electron chi connectivity index (χ4n) is 1.41. The fraction of sp³-hybridized carbons (Fsp3) is 0.385. The van der Waals surface area contributed by atoms with Crippen molar-refractivity contribution in [3.05, 3.63) is 41.7 Å². The Balaban J connectivity index is 2.60. The van der Waals surface area contributed by atoms with Gasteiger partial charge >= 0.3 is 0 Å². The number of rotatable bonds is 5. The van der Waals surface area contributed by atoms with E-state index in [9.17, 15) is 4.79 Å². The van der Waals surface area contributed by atoms with Gasteiger partial charge in [-0.05, 0) is 31.1 Å². The van der Waals surface area contributed by atoms with E-state index in [0.29, 0.717) is 6.42 Å². The molecule has 0 amide bonds. The minimum Gasteiger partial charge on any atom is -0.294 e. The molecule has 1 aromatic heterocycles. The number of pyridine rings is 1. The average Bonchev–Trinajstić information content (AvgIpc) is 2.27. The van der Waals surface area contributed by atoms with E-state index in [0.717, 1.165) is 18.5 Å². The Morgan fingerprint density at radius 3 is 2.60 bits per heavy atom. The zero-order valence-electron chi connectivity index (χ0n) is 9.36. The molecule has 0 aliphatic carbocycles. The van der Waals surface area contributed by atoms with Gasteiger partial charge in [-0.3, -0.25) is 9.78 Å². The lowest BCUT2D eigenvalue weighted by Gasteiger charge is -2.00. The Labute approximate surface area is 91.0 Å². The van der Waals surface area contributed by atoms with Crippen LogP contribution in [0.15, 0.2) is 36.0 Å². The van der Waals surface area contributed by atoms with Gasteiger partial charge in [0.05, 0.1) is 6.42 Å². The van der Waals surface area contributed by atoms with Crippen molar-refractivity contribution < 1.29 is 4.79 Å². The van der Waals surface area contributed by atoms with Crippen LogP contribution in [0.25, 0.3) is 0 Å². The second-order valence-electron chi connectivity index (χ2n) is 3.47. The molecule has 0 aliphatic rings. The average molecular weight is 203 g/mol. The number of hydrogen-bond acceptors (Lipinski definition) is 2. The number of nitrogens with zero attached hydrogens (tertiary/aromatic N) is 1. The molecule has 1 heterocycles. The molecule has 0 fully saturated rings. The Morgan fingerprint density at radius 1 is 1.33 bits per heavy atom. The van der Waals surface area contributed by atoms with Crippen LogP contribution in [0.5, 0.6) is 0 Å². The summed E-state index contributed by atoms with van der Waals surface area (Å²) >= 11 is 0. The van der Waals surface area contributed by atoms with Crippen molar-refractivity contribution in [2.75, 3.05) is 0 Å². The maximum Gasteiger partial charge on any atom is 0.161 e. The van der Waals surface area contributed by atoms with Crippen molar-refractivity contribution in [3.8, 4) is 0 Å². The Bertz CT molecular complexity index is 335. The number of aromatic nitrogens is 1. The van der Waals surface area contributed by atoms with Crippen LogP contribution in [0.1, 0.15) is 32.4 Å². The summed E-state index contributed by atoms with van der Waals surface area (Å²) in [5.41, 5.74) is 2.04. The van der Waals surface area contributed by atoms with E-state index < -0.39 is 0 Å². The van der Waals surface area contributed by atoms with E-state index in [1.807, 2.05) is 18.2 Å². The molecule has 80 valence electrons. The van der Waals surface area contributed by atoms with Gasteiger partial charge in [0.1, 0.15) is 0 Å². The van der Waals surface area contributed by atoms with Gasteiger partial charge in [-0.25, -0.2) is 0 Å². The number of ketones is 1. The van der Waals surface area contributed by atoms with Gasteiger partial charge < -0.3 is 0 Å². The van der Waals surface area contributed by atoms with Crippen LogP contribution in [0.2, 0.25) is 0 Å². The summed E-state index contributed by atoms with van der Waals surface area (Å²) in [7, 11) is 0. The van der Waals surface area contributed by atoms with Crippen LogP contribution in [0, 0.1) is 0 Å². The van der Waals surface area contributed by atoms with E-state index in [1.54, 1.807) is 12.3 Å². The lowest BCUT2D eigenvalue weighted by atomic mass is 10.1. The predicted molar refractivity (Wildman–Crippen MR) is 61.6 cm³/mol. The highest BCUT2D eigenvalue weighted by Gasteiger charge is 2.02. The highest BCUT2D eigenvalue weighted by Crippen LogP contribution is 2.06. The number of hydrogen-bond donors (Lipinski definition) is 0. The maximum absolute atomic E-state index is 11.6. The van der Waals surface area contributed by atoms with Crippen molar-refractivity contribution in [1.29, 1.82) is 0 Å². The van der Waals surface area contributed by atoms with Gasteiger partial charge in [-0.1, -0.05) is 25.5 Å². The largest absolute Gasteiger partial charge is 0.294 e. The quantitative estimate of drug-likeness (QED) is 0.689. The summed E-state index contributed by atoms with van der Waals surface area (Å²) in [5.74, 6) is 0.146. The van der Waals surface area contributed by atoms with Crippen molar-refractivity contribution in [3.63, 3.8) is 0 Å². The van der Waals surface area contributed by atoms with Crippen LogP contribution in [-0.2, 0) is 11.2 Å². The third-order valence-corrected chi connectivity index (χ3v) is 2.35. The molecule has 1 rings (SSSR count). The lowest BCUT2D eigenvalue weighted by molar-refractivity contribution is -0.114. The predicted octanol–water partition coefficient (Wildman–Crippen LogP) is 2.94. The van der Waals surface area contributed by atoms with E-state index in [4.69, 9.17) is 0 Å². The lowest BCUT2D eigenvalue weighted by Crippen LogP contribution is -2.01. The first kappa shape index (κ1) is 11.6. The molecule has 0 saturated carbocycles. The first-order chi connectivity index (χ1) is 7.26. The molecule has 0 saturated heterocycles. The van der Waals surface area contributed by atoms with Crippen LogP contribution in [0.3, 0.4) is 0 Å². The topological polar surface area (TPSA) is 30.0 Å². The minimum atomic E-state index is 0.146. The van der Waals surface area contributed by atoms with Crippen LogP contribution in [-0.4, -0.2) is 10.8 Å². The summed E-state index contributed by atoms with van der Waals surface area (Å²) in [5, 5.41) is 0. The minimum absolute atomic E-state index is 0.146. The van der Waals surface area contributed by atoms with E-state index in [2.05, 4.69) is 18.8 Å². The molecular weight excluding hydrogens is 186 g/mol. The Morgan fingerprint density at radius 2 is 2.07 bits per heavy atom. The molecule has 0 bridgehead atoms. The molecule has 1 aromatic rings. The summed E-state index contributed by atoms with van der Waals surface area (Å²) in [6.07, 6.45) is 5.78. The molecule has 0 radical (unpaired) electrons. The van der Waals surface area contributed by atoms with E-state index in [1.165, 1.54) is 5.57 Å². The molecule has 0 aliphatic heterocycles. The van der Waals surface area contributed by atoms with Crippen molar-refractivity contribution in [1.82, 2.24) is 4.98 Å². The van der Waals surface area contributed by atoms with Crippen LogP contribution < -0.4 is 0 Å². The molecule has 15 heavy (non-hydrogen) atoms. The monoisotopic (exact) mass is 203 g/mol.